The molecule has 1 N–H and O–H groups in total. The van der Waals surface area contributed by atoms with Gasteiger partial charge in [0.1, 0.15) is 5.75 Å². The summed E-state index contributed by atoms with van der Waals surface area (Å²) in [7, 11) is 2.80. The van der Waals surface area contributed by atoms with Crippen LogP contribution in [-0.4, -0.2) is 32.7 Å². The van der Waals surface area contributed by atoms with Gasteiger partial charge in [0.15, 0.2) is 18.1 Å². The Bertz CT molecular complexity index is 870. The molecule has 0 aromatic heterocycles. The molecule has 0 bridgehead atoms. The van der Waals surface area contributed by atoms with Crippen LogP contribution in [0, 0.1) is 0 Å². The van der Waals surface area contributed by atoms with E-state index in [1.165, 1.54) is 26.4 Å². The molecule has 0 aliphatic heterocycles. The maximum Gasteiger partial charge on any atom is 0.262 e. The molecule has 0 heterocycles. The smallest absolute Gasteiger partial charge is 0.262 e. The second kappa shape index (κ2) is 8.65. The summed E-state index contributed by atoms with van der Waals surface area (Å²) in [5, 5.41) is 13.9. The molecule has 0 atom stereocenters. The summed E-state index contributed by atoms with van der Waals surface area (Å²) >= 11 is 0. The topological polar surface area (TPSA) is 96.9 Å². The van der Waals surface area contributed by atoms with Crippen LogP contribution < -0.4 is 24.6 Å². The summed E-state index contributed by atoms with van der Waals surface area (Å²) in [4.78, 5) is 23.8. The van der Waals surface area contributed by atoms with Crippen LogP contribution in [-0.2, 0) is 10.2 Å². The zero-order valence-corrected chi connectivity index (χ0v) is 16.6. The molecule has 0 saturated heterocycles. The van der Waals surface area contributed by atoms with Gasteiger partial charge >= 0.3 is 0 Å². The summed E-state index contributed by atoms with van der Waals surface area (Å²) in [6.45, 7) is 5.86. The van der Waals surface area contributed by atoms with E-state index in [0.29, 0.717) is 5.75 Å². The maximum absolute atomic E-state index is 12.4. The number of amides is 1. The third-order valence-corrected chi connectivity index (χ3v) is 4.07. The van der Waals surface area contributed by atoms with Gasteiger partial charge in [0.2, 0.25) is 0 Å². The van der Waals surface area contributed by atoms with Gasteiger partial charge in [-0.25, -0.2) is 0 Å². The van der Waals surface area contributed by atoms with Gasteiger partial charge in [-0.3, -0.25) is 4.79 Å². The lowest BCUT2D eigenvalue weighted by atomic mass is 9.86. The van der Waals surface area contributed by atoms with Crippen LogP contribution >= 0.6 is 0 Å². The number of carbonyl (C=O) groups is 2. The van der Waals surface area contributed by atoms with Crippen molar-refractivity contribution in [3.8, 4) is 17.2 Å². The second-order valence-corrected chi connectivity index (χ2v) is 7.12. The highest BCUT2D eigenvalue weighted by Crippen LogP contribution is 2.33. The fraction of sp³-hybridized carbons (Fsp3) is 0.333. The fourth-order valence-electron chi connectivity index (χ4n) is 2.69. The molecule has 7 heteroatoms. The molecule has 0 spiro atoms. The minimum Gasteiger partial charge on any atom is -0.545 e. The first-order valence-electron chi connectivity index (χ1n) is 8.67. The van der Waals surface area contributed by atoms with Crippen molar-refractivity contribution < 1.29 is 28.9 Å². The molecule has 0 aliphatic rings. The number of para-hydroxylation sites is 1. The van der Waals surface area contributed by atoms with Crippen LogP contribution in [0.2, 0.25) is 0 Å². The summed E-state index contributed by atoms with van der Waals surface area (Å²) in [6.07, 6.45) is 0. The maximum atomic E-state index is 12.4. The first-order valence-corrected chi connectivity index (χ1v) is 8.67. The Morgan fingerprint density at radius 2 is 1.61 bits per heavy atom. The van der Waals surface area contributed by atoms with E-state index in [2.05, 4.69) is 5.32 Å². The highest BCUT2D eigenvalue weighted by Gasteiger charge is 2.19. The average molecular weight is 386 g/mol. The lowest BCUT2D eigenvalue weighted by molar-refractivity contribution is -0.254. The third-order valence-electron chi connectivity index (χ3n) is 4.07. The number of rotatable bonds is 7. The van der Waals surface area contributed by atoms with Gasteiger partial charge in [-0.1, -0.05) is 39.0 Å². The van der Waals surface area contributed by atoms with Crippen LogP contribution in [0.15, 0.2) is 36.4 Å². The Kier molecular flexibility index (Phi) is 6.51. The predicted molar refractivity (Wildman–Crippen MR) is 103 cm³/mol. The molecule has 150 valence electrons. The van der Waals surface area contributed by atoms with Crippen LogP contribution in [0.5, 0.6) is 17.2 Å². The molecule has 2 aromatic rings. The number of nitrogens with one attached hydrogen (secondary N) is 1. The highest BCUT2D eigenvalue weighted by molar-refractivity contribution is 6.01. The van der Waals surface area contributed by atoms with E-state index in [9.17, 15) is 14.7 Å². The van der Waals surface area contributed by atoms with E-state index >= 15 is 0 Å². The van der Waals surface area contributed by atoms with E-state index < -0.39 is 11.9 Å². The number of benzene rings is 2. The summed E-state index contributed by atoms with van der Waals surface area (Å²) < 4.78 is 15.9. The minimum atomic E-state index is -1.45. The molecule has 7 nitrogen and oxygen atoms in total. The number of aromatic carboxylic acids is 1. The number of carbonyl (C=O) groups excluding carboxylic acids is 2. The Balaban J connectivity index is 2.19. The summed E-state index contributed by atoms with van der Waals surface area (Å²) in [6, 6.07) is 10.1. The third kappa shape index (κ3) is 4.94. The van der Waals surface area contributed by atoms with Gasteiger partial charge in [-0.15, -0.1) is 0 Å². The number of carboxylic acids is 1. The lowest BCUT2D eigenvalue weighted by Crippen LogP contribution is -2.27. The molecule has 2 rings (SSSR count). The van der Waals surface area contributed by atoms with Crippen LogP contribution in [0.25, 0.3) is 0 Å². The van der Waals surface area contributed by atoms with E-state index in [1.54, 1.807) is 6.07 Å². The van der Waals surface area contributed by atoms with Crippen LogP contribution in [0.1, 0.15) is 36.7 Å². The normalized spacial score (nSPS) is 10.9. The van der Waals surface area contributed by atoms with E-state index in [1.807, 2.05) is 39.0 Å². The minimum absolute atomic E-state index is 0.0374. The van der Waals surface area contributed by atoms with E-state index in [4.69, 9.17) is 14.2 Å². The van der Waals surface area contributed by atoms with Crippen molar-refractivity contribution in [1.82, 2.24) is 0 Å². The molecule has 0 radical (unpaired) electrons. The SMILES string of the molecule is COc1cc(NC(=O)COc2ccccc2C(C)(C)C)c(C(=O)[O-])cc1OC. The van der Waals surface area contributed by atoms with Crippen molar-refractivity contribution in [2.75, 3.05) is 26.1 Å². The monoisotopic (exact) mass is 386 g/mol. The Morgan fingerprint density at radius 3 is 2.18 bits per heavy atom. The Morgan fingerprint density at radius 1 is 1.00 bits per heavy atom. The Hall–Kier alpha value is -3.22. The predicted octanol–water partition coefficient (Wildman–Crippen LogP) is 2.38. The van der Waals surface area contributed by atoms with Crippen molar-refractivity contribution in [3.63, 3.8) is 0 Å². The fourth-order valence-corrected chi connectivity index (χ4v) is 2.69. The average Bonchev–Trinajstić information content (AvgIpc) is 2.65. The number of hydrogen-bond acceptors (Lipinski definition) is 6. The zero-order chi connectivity index (χ0) is 20.9. The number of ether oxygens (including phenoxy) is 3. The molecule has 0 aliphatic carbocycles. The van der Waals surface area contributed by atoms with Crippen molar-refractivity contribution >= 4 is 17.6 Å². The molecule has 2 aromatic carbocycles. The number of hydrogen-bond donors (Lipinski definition) is 1. The van der Waals surface area contributed by atoms with Crippen LogP contribution in [0.4, 0.5) is 5.69 Å². The zero-order valence-electron chi connectivity index (χ0n) is 16.6. The quantitative estimate of drug-likeness (QED) is 0.785. The molecule has 28 heavy (non-hydrogen) atoms. The summed E-state index contributed by atoms with van der Waals surface area (Å²) in [5.74, 6) is -0.872. The number of methoxy groups -OCH3 is 2. The first-order chi connectivity index (χ1) is 13.2. The van der Waals surface area contributed by atoms with Crippen molar-refractivity contribution in [2.24, 2.45) is 0 Å². The standard InChI is InChI=1S/C21H25NO6/c1-21(2,3)14-8-6-7-9-16(14)28-12-19(23)22-15-11-18(27-5)17(26-4)10-13(15)20(24)25/h6-11H,12H2,1-5H3,(H,22,23)(H,24,25)/p-1. The van der Waals surface area contributed by atoms with Gasteiger partial charge in [0.05, 0.1) is 25.9 Å². The molecule has 0 saturated carbocycles. The Labute approximate surface area is 164 Å². The van der Waals surface area contributed by atoms with Gasteiger partial charge in [-0.2, -0.15) is 0 Å². The van der Waals surface area contributed by atoms with Crippen molar-refractivity contribution in [2.45, 2.75) is 26.2 Å². The number of carboxylic acid groups (broad SMARTS) is 1. The molecular formula is C21H24NO6-. The van der Waals surface area contributed by atoms with Gasteiger partial charge < -0.3 is 29.4 Å². The van der Waals surface area contributed by atoms with Gasteiger partial charge in [-0.05, 0) is 23.1 Å². The molecule has 0 fully saturated rings. The van der Waals surface area contributed by atoms with Crippen LogP contribution in [0.3, 0.4) is 0 Å². The van der Waals surface area contributed by atoms with Crippen molar-refractivity contribution in [3.05, 3.63) is 47.5 Å². The number of anilines is 1. The largest absolute Gasteiger partial charge is 0.545 e. The van der Waals surface area contributed by atoms with Gasteiger partial charge in [0.25, 0.3) is 5.91 Å². The molecule has 0 unspecified atom stereocenters. The summed E-state index contributed by atoms with van der Waals surface area (Å²) in [5.41, 5.74) is 0.624. The molecular weight excluding hydrogens is 362 g/mol. The first kappa shape index (κ1) is 21.1. The van der Waals surface area contributed by atoms with Gasteiger partial charge in [0, 0.05) is 11.6 Å². The second-order valence-electron chi connectivity index (χ2n) is 7.12. The van der Waals surface area contributed by atoms with E-state index in [0.717, 1.165) is 5.56 Å². The van der Waals surface area contributed by atoms with Crippen molar-refractivity contribution in [1.29, 1.82) is 0 Å². The highest BCUT2D eigenvalue weighted by atomic mass is 16.5. The molecule has 1 amide bonds. The van der Waals surface area contributed by atoms with E-state index in [-0.39, 0.29) is 34.8 Å². The lowest BCUT2D eigenvalue weighted by Gasteiger charge is -2.22.